The Morgan fingerprint density at radius 2 is 2.00 bits per heavy atom. The van der Waals surface area contributed by atoms with E-state index in [-0.39, 0.29) is 12.4 Å². The molecule has 2 nitrogen and oxygen atoms in total. The van der Waals surface area contributed by atoms with Gasteiger partial charge < -0.3 is 10.6 Å². The van der Waals surface area contributed by atoms with Crippen LogP contribution in [0.4, 0.5) is 15.8 Å². The van der Waals surface area contributed by atoms with E-state index in [0.29, 0.717) is 5.56 Å². The van der Waals surface area contributed by atoms with Crippen LogP contribution in [-0.2, 0) is 13.0 Å². The molecule has 0 aliphatic carbocycles. The summed E-state index contributed by atoms with van der Waals surface area (Å²) in [5, 5.41) is 0. The molecule has 0 spiro atoms. The molecule has 1 aliphatic heterocycles. The molecule has 98 valence electrons. The van der Waals surface area contributed by atoms with Crippen LogP contribution in [0.25, 0.3) is 0 Å². The summed E-state index contributed by atoms with van der Waals surface area (Å²) in [7, 11) is 0. The van der Waals surface area contributed by atoms with Crippen LogP contribution in [0.2, 0.25) is 0 Å². The van der Waals surface area contributed by atoms with E-state index < -0.39 is 0 Å². The molecular formula is C16H17FN2. The number of hydrogen-bond donors (Lipinski definition) is 1. The molecule has 3 heteroatoms. The highest BCUT2D eigenvalue weighted by Crippen LogP contribution is 2.33. The highest BCUT2D eigenvalue weighted by atomic mass is 19.1. The molecule has 2 aromatic carbocycles. The average Bonchev–Trinajstić information content (AvgIpc) is 2.46. The fourth-order valence-corrected chi connectivity index (χ4v) is 2.67. The number of halogens is 1. The van der Waals surface area contributed by atoms with Crippen LogP contribution >= 0.6 is 0 Å². The lowest BCUT2D eigenvalue weighted by atomic mass is 10.0. The van der Waals surface area contributed by atoms with Gasteiger partial charge in [0.1, 0.15) is 5.82 Å². The fraction of sp³-hybridized carbons (Fsp3) is 0.250. The van der Waals surface area contributed by atoms with Crippen molar-refractivity contribution in [2.45, 2.75) is 19.4 Å². The van der Waals surface area contributed by atoms with E-state index in [9.17, 15) is 4.39 Å². The van der Waals surface area contributed by atoms with Gasteiger partial charge in [-0.1, -0.05) is 24.3 Å². The summed E-state index contributed by atoms with van der Waals surface area (Å²) in [4.78, 5) is 2.18. The third-order valence-corrected chi connectivity index (χ3v) is 3.68. The van der Waals surface area contributed by atoms with Gasteiger partial charge in [-0.25, -0.2) is 4.39 Å². The van der Waals surface area contributed by atoms with Crippen LogP contribution < -0.4 is 10.6 Å². The average molecular weight is 256 g/mol. The van der Waals surface area contributed by atoms with Crippen molar-refractivity contribution in [3.8, 4) is 0 Å². The molecule has 0 fully saturated rings. The van der Waals surface area contributed by atoms with Gasteiger partial charge in [-0.05, 0) is 36.6 Å². The number of nitrogens with zero attached hydrogens (tertiary/aromatic N) is 1. The van der Waals surface area contributed by atoms with Gasteiger partial charge in [0.05, 0.1) is 0 Å². The van der Waals surface area contributed by atoms with Crippen molar-refractivity contribution in [1.82, 2.24) is 0 Å². The molecule has 1 aliphatic rings. The van der Waals surface area contributed by atoms with E-state index in [4.69, 9.17) is 5.73 Å². The smallest absolute Gasteiger partial charge is 0.129 e. The highest BCUT2D eigenvalue weighted by molar-refractivity contribution is 5.68. The van der Waals surface area contributed by atoms with E-state index in [1.807, 2.05) is 12.1 Å². The van der Waals surface area contributed by atoms with Crippen molar-refractivity contribution in [3.05, 3.63) is 59.4 Å². The Labute approximate surface area is 112 Å². The number of nitrogens with two attached hydrogens (primary N) is 1. The predicted molar refractivity (Wildman–Crippen MR) is 76.1 cm³/mol. The van der Waals surface area contributed by atoms with Crippen molar-refractivity contribution in [2.24, 2.45) is 5.73 Å². The second kappa shape index (κ2) is 5.02. The third kappa shape index (κ3) is 2.22. The lowest BCUT2D eigenvalue weighted by Gasteiger charge is -2.31. The molecule has 0 aromatic heterocycles. The number of benzene rings is 2. The number of hydrogen-bond acceptors (Lipinski definition) is 2. The predicted octanol–water partition coefficient (Wildman–Crippen LogP) is 3.37. The molecule has 0 bridgehead atoms. The van der Waals surface area contributed by atoms with Crippen LogP contribution in [0.1, 0.15) is 17.5 Å². The van der Waals surface area contributed by atoms with Crippen molar-refractivity contribution in [3.63, 3.8) is 0 Å². The number of rotatable bonds is 2. The van der Waals surface area contributed by atoms with E-state index in [0.717, 1.165) is 25.1 Å². The van der Waals surface area contributed by atoms with Gasteiger partial charge in [-0.15, -0.1) is 0 Å². The number of para-hydroxylation sites is 1. The Kier molecular flexibility index (Phi) is 3.22. The maximum atomic E-state index is 13.9. The molecule has 19 heavy (non-hydrogen) atoms. The summed E-state index contributed by atoms with van der Waals surface area (Å²) in [6.45, 7) is 1.17. The molecule has 0 saturated heterocycles. The van der Waals surface area contributed by atoms with Gasteiger partial charge >= 0.3 is 0 Å². The summed E-state index contributed by atoms with van der Waals surface area (Å²) in [6, 6.07) is 13.6. The molecule has 0 radical (unpaired) electrons. The van der Waals surface area contributed by atoms with Gasteiger partial charge in [0.25, 0.3) is 0 Å². The number of aryl methyl sites for hydroxylation is 1. The van der Waals surface area contributed by atoms with E-state index in [1.54, 1.807) is 12.1 Å². The monoisotopic (exact) mass is 256 g/mol. The standard InChI is InChI=1S/C16H17FN2/c17-15-10-14(8-7-13(15)11-18)19-9-3-5-12-4-1-2-6-16(12)19/h1-2,4,6-8,10H,3,5,9,11,18H2. The normalized spacial score (nSPS) is 14.3. The zero-order valence-corrected chi connectivity index (χ0v) is 10.8. The van der Waals surface area contributed by atoms with Crippen LogP contribution in [0.15, 0.2) is 42.5 Å². The molecule has 0 saturated carbocycles. The summed E-state index contributed by atoms with van der Waals surface area (Å²) in [6.07, 6.45) is 2.19. The first-order valence-corrected chi connectivity index (χ1v) is 6.63. The minimum absolute atomic E-state index is 0.219. The van der Waals surface area contributed by atoms with Crippen LogP contribution in [0.5, 0.6) is 0 Å². The summed E-state index contributed by atoms with van der Waals surface area (Å²) >= 11 is 0. The molecule has 0 amide bonds. The molecule has 3 rings (SSSR count). The fourth-order valence-electron chi connectivity index (χ4n) is 2.67. The van der Waals surface area contributed by atoms with Gasteiger partial charge in [0, 0.05) is 30.0 Å². The summed E-state index contributed by atoms with van der Waals surface area (Å²) in [5.74, 6) is -0.219. The third-order valence-electron chi connectivity index (χ3n) is 3.68. The molecule has 0 atom stereocenters. The maximum Gasteiger partial charge on any atom is 0.129 e. The molecular weight excluding hydrogens is 239 g/mol. The van der Waals surface area contributed by atoms with E-state index in [1.165, 1.54) is 11.3 Å². The van der Waals surface area contributed by atoms with Crippen LogP contribution in [0.3, 0.4) is 0 Å². The summed E-state index contributed by atoms with van der Waals surface area (Å²) in [5.41, 5.74) is 9.49. The van der Waals surface area contributed by atoms with Crippen molar-refractivity contribution < 1.29 is 4.39 Å². The lowest BCUT2D eigenvalue weighted by molar-refractivity contribution is 0.610. The molecule has 0 unspecified atom stereocenters. The minimum atomic E-state index is -0.219. The second-order valence-corrected chi connectivity index (χ2v) is 4.86. The zero-order valence-electron chi connectivity index (χ0n) is 10.8. The first-order valence-electron chi connectivity index (χ1n) is 6.63. The van der Waals surface area contributed by atoms with E-state index >= 15 is 0 Å². The van der Waals surface area contributed by atoms with Crippen molar-refractivity contribution >= 4 is 11.4 Å². The zero-order chi connectivity index (χ0) is 13.2. The van der Waals surface area contributed by atoms with Gasteiger partial charge in [0.15, 0.2) is 0 Å². The number of fused-ring (bicyclic) bond motifs is 1. The quantitative estimate of drug-likeness (QED) is 0.892. The largest absolute Gasteiger partial charge is 0.341 e. The molecule has 2 aromatic rings. The van der Waals surface area contributed by atoms with Crippen LogP contribution in [-0.4, -0.2) is 6.54 Å². The Bertz CT molecular complexity index is 595. The molecule has 2 N–H and O–H groups in total. The Morgan fingerprint density at radius 1 is 1.16 bits per heavy atom. The Balaban J connectivity index is 2.02. The maximum absolute atomic E-state index is 13.9. The van der Waals surface area contributed by atoms with Crippen LogP contribution in [0, 0.1) is 5.82 Å². The van der Waals surface area contributed by atoms with Gasteiger partial charge in [-0.2, -0.15) is 0 Å². The molecule has 1 heterocycles. The first-order chi connectivity index (χ1) is 9.29. The second-order valence-electron chi connectivity index (χ2n) is 4.86. The SMILES string of the molecule is NCc1ccc(N2CCCc3ccccc32)cc1F. The Hall–Kier alpha value is -1.87. The lowest BCUT2D eigenvalue weighted by Crippen LogP contribution is -2.24. The van der Waals surface area contributed by atoms with Crippen molar-refractivity contribution in [2.75, 3.05) is 11.4 Å². The summed E-state index contributed by atoms with van der Waals surface area (Å²) < 4.78 is 13.9. The number of anilines is 2. The van der Waals surface area contributed by atoms with Gasteiger partial charge in [-0.3, -0.25) is 0 Å². The van der Waals surface area contributed by atoms with Gasteiger partial charge in [0.2, 0.25) is 0 Å². The minimum Gasteiger partial charge on any atom is -0.341 e. The van der Waals surface area contributed by atoms with E-state index in [2.05, 4.69) is 23.1 Å². The topological polar surface area (TPSA) is 29.3 Å². The first kappa shape index (κ1) is 12.2. The highest BCUT2D eigenvalue weighted by Gasteiger charge is 2.18. The van der Waals surface area contributed by atoms with Crippen molar-refractivity contribution in [1.29, 1.82) is 0 Å². The Morgan fingerprint density at radius 3 is 2.79 bits per heavy atom.